The summed E-state index contributed by atoms with van der Waals surface area (Å²) in [6.45, 7) is 3.55. The van der Waals surface area contributed by atoms with Crippen molar-refractivity contribution in [3.05, 3.63) is 30.5 Å². The fraction of sp³-hybridized carbons (Fsp3) is 0.500. The molecule has 2 fully saturated rings. The summed E-state index contributed by atoms with van der Waals surface area (Å²) in [5.74, 6) is 1.68. The molecule has 1 aliphatic carbocycles. The lowest BCUT2D eigenvalue weighted by atomic mass is 10.1. The second-order valence-electron chi connectivity index (χ2n) is 8.58. The lowest BCUT2D eigenvalue weighted by Gasteiger charge is -2.34. The van der Waals surface area contributed by atoms with Gasteiger partial charge in [0.25, 0.3) is 0 Å². The van der Waals surface area contributed by atoms with E-state index in [2.05, 4.69) is 37.5 Å². The third kappa shape index (κ3) is 4.10. The van der Waals surface area contributed by atoms with Gasteiger partial charge in [-0.15, -0.1) is 5.10 Å². The molecular formula is C22H28N8O2. The van der Waals surface area contributed by atoms with E-state index in [9.17, 15) is 4.79 Å². The topological polar surface area (TPSA) is 101 Å². The summed E-state index contributed by atoms with van der Waals surface area (Å²) in [5.41, 5.74) is 2.10. The Morgan fingerprint density at radius 3 is 2.66 bits per heavy atom. The number of amides is 1. The van der Waals surface area contributed by atoms with Crippen LogP contribution >= 0.6 is 0 Å². The first kappa shape index (κ1) is 20.6. The van der Waals surface area contributed by atoms with E-state index in [0.29, 0.717) is 23.0 Å². The molecule has 3 aromatic rings. The van der Waals surface area contributed by atoms with Crippen LogP contribution in [-0.2, 0) is 4.79 Å². The van der Waals surface area contributed by atoms with Crippen LogP contribution in [0.1, 0.15) is 19.3 Å². The predicted octanol–water partition coefficient (Wildman–Crippen LogP) is 1.57. The molecule has 0 unspecified atom stereocenters. The van der Waals surface area contributed by atoms with Crippen LogP contribution in [0.25, 0.3) is 16.9 Å². The molecule has 1 aliphatic heterocycles. The first-order valence-electron chi connectivity index (χ1n) is 11.1. The Kier molecular flexibility index (Phi) is 5.60. The second-order valence-corrected chi connectivity index (χ2v) is 8.58. The lowest BCUT2D eigenvalue weighted by molar-refractivity contribution is -0.136. The lowest BCUT2D eigenvalue weighted by Crippen LogP contribution is -2.48. The van der Waals surface area contributed by atoms with Crippen molar-refractivity contribution in [1.82, 2.24) is 34.8 Å². The SMILES string of the molecule is COc1ccc(-n2nnc3cnc(N[C@@H]4CC[C@@H](C(=O)N5CCN(C)CC5)C4)nc32)cc1. The van der Waals surface area contributed by atoms with Gasteiger partial charge in [0.15, 0.2) is 11.2 Å². The minimum atomic E-state index is 0.0751. The Morgan fingerprint density at radius 2 is 1.91 bits per heavy atom. The van der Waals surface area contributed by atoms with E-state index in [1.165, 1.54) is 0 Å². The molecule has 3 heterocycles. The molecule has 0 radical (unpaired) electrons. The molecule has 2 atom stereocenters. The van der Waals surface area contributed by atoms with Crippen molar-refractivity contribution in [2.24, 2.45) is 5.92 Å². The highest BCUT2D eigenvalue weighted by Crippen LogP contribution is 2.29. The highest BCUT2D eigenvalue weighted by atomic mass is 16.5. The van der Waals surface area contributed by atoms with Gasteiger partial charge >= 0.3 is 0 Å². The van der Waals surface area contributed by atoms with Gasteiger partial charge in [0.2, 0.25) is 11.9 Å². The molecule has 10 nitrogen and oxygen atoms in total. The van der Waals surface area contributed by atoms with E-state index in [1.54, 1.807) is 18.0 Å². The molecule has 1 N–H and O–H groups in total. The molecule has 0 bridgehead atoms. The summed E-state index contributed by atoms with van der Waals surface area (Å²) in [6, 6.07) is 7.75. The van der Waals surface area contributed by atoms with E-state index < -0.39 is 0 Å². The first-order valence-corrected chi connectivity index (χ1v) is 11.1. The van der Waals surface area contributed by atoms with Gasteiger partial charge in [0, 0.05) is 38.1 Å². The average Bonchev–Trinajstić information content (AvgIpc) is 3.46. The van der Waals surface area contributed by atoms with Gasteiger partial charge in [-0.3, -0.25) is 4.79 Å². The maximum Gasteiger partial charge on any atom is 0.225 e. The zero-order valence-electron chi connectivity index (χ0n) is 18.4. The zero-order valence-corrected chi connectivity index (χ0v) is 18.4. The molecule has 1 amide bonds. The van der Waals surface area contributed by atoms with Crippen LogP contribution in [0.5, 0.6) is 5.75 Å². The number of carbonyl (C=O) groups is 1. The Bertz CT molecular complexity index is 1090. The maximum absolute atomic E-state index is 12.9. The molecular weight excluding hydrogens is 408 g/mol. The first-order chi connectivity index (χ1) is 15.6. The summed E-state index contributed by atoms with van der Waals surface area (Å²) >= 11 is 0. The van der Waals surface area contributed by atoms with Crippen LogP contribution in [0.3, 0.4) is 0 Å². The van der Waals surface area contributed by atoms with Crippen LogP contribution in [0.2, 0.25) is 0 Å². The minimum absolute atomic E-state index is 0.0751. The fourth-order valence-electron chi connectivity index (χ4n) is 4.50. The van der Waals surface area contributed by atoms with E-state index in [0.717, 1.165) is 56.9 Å². The average molecular weight is 437 g/mol. The quantitative estimate of drug-likeness (QED) is 0.643. The van der Waals surface area contributed by atoms with Gasteiger partial charge in [0.1, 0.15) is 5.75 Å². The van der Waals surface area contributed by atoms with Crippen molar-refractivity contribution < 1.29 is 9.53 Å². The Hall–Kier alpha value is -3.27. The van der Waals surface area contributed by atoms with Gasteiger partial charge in [-0.25, -0.2) is 4.98 Å². The second kappa shape index (κ2) is 8.70. The third-order valence-electron chi connectivity index (χ3n) is 6.44. The molecule has 2 aromatic heterocycles. The standard InChI is InChI=1S/C22H28N8O2/c1-28-9-11-29(12-10-28)21(31)15-3-4-16(13-15)24-22-23-14-19-20(25-22)30(27-26-19)17-5-7-18(32-2)8-6-17/h5-8,14-16H,3-4,9-13H2,1-2H3,(H,23,24,25)/t15-,16-/m1/s1. The van der Waals surface area contributed by atoms with Crippen molar-refractivity contribution in [3.63, 3.8) is 0 Å². The number of likely N-dealkylation sites (N-methyl/N-ethyl adjacent to an activating group) is 1. The van der Waals surface area contributed by atoms with Crippen molar-refractivity contribution in [3.8, 4) is 11.4 Å². The highest BCUT2D eigenvalue weighted by Gasteiger charge is 2.33. The number of hydrogen-bond donors (Lipinski definition) is 1. The molecule has 1 saturated heterocycles. The number of methoxy groups -OCH3 is 1. The maximum atomic E-state index is 12.9. The minimum Gasteiger partial charge on any atom is -0.497 e. The van der Waals surface area contributed by atoms with Gasteiger partial charge in [-0.1, -0.05) is 5.21 Å². The van der Waals surface area contributed by atoms with Crippen molar-refractivity contribution in [2.75, 3.05) is 45.7 Å². The van der Waals surface area contributed by atoms with Crippen molar-refractivity contribution >= 4 is 23.0 Å². The molecule has 32 heavy (non-hydrogen) atoms. The fourth-order valence-corrected chi connectivity index (χ4v) is 4.50. The van der Waals surface area contributed by atoms with Gasteiger partial charge in [-0.05, 0) is 50.6 Å². The molecule has 2 aliphatic rings. The number of piperazine rings is 1. The summed E-state index contributed by atoms with van der Waals surface area (Å²) in [6.07, 6.45) is 4.32. The molecule has 1 aromatic carbocycles. The van der Waals surface area contributed by atoms with Gasteiger partial charge < -0.3 is 19.9 Å². The summed E-state index contributed by atoms with van der Waals surface area (Å²) in [7, 11) is 3.74. The Labute approximate surface area is 186 Å². The molecule has 10 heteroatoms. The predicted molar refractivity (Wildman–Crippen MR) is 120 cm³/mol. The van der Waals surface area contributed by atoms with Crippen LogP contribution in [0, 0.1) is 5.92 Å². The smallest absolute Gasteiger partial charge is 0.225 e. The number of rotatable bonds is 5. The number of aromatic nitrogens is 5. The number of nitrogens with zero attached hydrogens (tertiary/aromatic N) is 7. The van der Waals surface area contributed by atoms with Crippen LogP contribution < -0.4 is 10.1 Å². The summed E-state index contributed by atoms with van der Waals surface area (Å²) in [4.78, 5) is 26.3. The van der Waals surface area contributed by atoms with Gasteiger partial charge in [0.05, 0.1) is 19.0 Å². The van der Waals surface area contributed by atoms with E-state index in [1.807, 2.05) is 29.2 Å². The van der Waals surface area contributed by atoms with Crippen molar-refractivity contribution in [1.29, 1.82) is 0 Å². The highest BCUT2D eigenvalue weighted by molar-refractivity contribution is 5.79. The number of carbonyl (C=O) groups excluding carboxylic acids is 1. The normalized spacial score (nSPS) is 21.8. The molecule has 1 saturated carbocycles. The zero-order chi connectivity index (χ0) is 22.1. The van der Waals surface area contributed by atoms with Gasteiger partial charge in [-0.2, -0.15) is 9.67 Å². The number of anilines is 1. The Morgan fingerprint density at radius 1 is 1.12 bits per heavy atom. The van der Waals surface area contributed by atoms with E-state index in [-0.39, 0.29) is 12.0 Å². The largest absolute Gasteiger partial charge is 0.497 e. The monoisotopic (exact) mass is 436 g/mol. The van der Waals surface area contributed by atoms with E-state index >= 15 is 0 Å². The number of nitrogens with one attached hydrogen (secondary N) is 1. The van der Waals surface area contributed by atoms with Crippen LogP contribution in [0.15, 0.2) is 30.5 Å². The number of hydrogen-bond acceptors (Lipinski definition) is 8. The third-order valence-corrected chi connectivity index (χ3v) is 6.44. The number of ether oxygens (including phenoxy) is 1. The van der Waals surface area contributed by atoms with Crippen LogP contribution in [0.4, 0.5) is 5.95 Å². The van der Waals surface area contributed by atoms with Crippen molar-refractivity contribution in [2.45, 2.75) is 25.3 Å². The summed E-state index contributed by atoms with van der Waals surface area (Å²) < 4.78 is 6.92. The molecule has 0 spiro atoms. The van der Waals surface area contributed by atoms with E-state index in [4.69, 9.17) is 4.74 Å². The number of fused-ring (bicyclic) bond motifs is 1. The molecule has 168 valence electrons. The Balaban J connectivity index is 1.27. The van der Waals surface area contributed by atoms with Crippen LogP contribution in [-0.4, -0.2) is 87.0 Å². The molecule has 5 rings (SSSR count). The summed E-state index contributed by atoms with van der Waals surface area (Å²) in [5, 5.41) is 11.8. The number of benzene rings is 1.